The van der Waals surface area contributed by atoms with Gasteiger partial charge < -0.3 is 15.0 Å². The van der Waals surface area contributed by atoms with Crippen LogP contribution in [0.15, 0.2) is 49.1 Å². The quantitative estimate of drug-likeness (QED) is 0.663. The molecule has 1 fully saturated rings. The molecule has 1 aliphatic heterocycles. The van der Waals surface area contributed by atoms with Crippen LogP contribution in [0.1, 0.15) is 30.5 Å². The molecule has 28 heavy (non-hydrogen) atoms. The largest absolute Gasteiger partial charge is 0.368 e. The van der Waals surface area contributed by atoms with Crippen molar-refractivity contribution >= 4 is 17.2 Å². The zero-order valence-electron chi connectivity index (χ0n) is 15.5. The number of aryl methyl sites for hydroxylation is 1. The van der Waals surface area contributed by atoms with Crippen molar-refractivity contribution in [3.63, 3.8) is 0 Å². The number of imidazole rings is 1. The fraction of sp³-hybridized carbons (Fsp3) is 0.333. The highest BCUT2D eigenvalue weighted by Gasteiger charge is 2.31. The van der Waals surface area contributed by atoms with E-state index in [1.807, 2.05) is 24.7 Å². The summed E-state index contributed by atoms with van der Waals surface area (Å²) in [6.07, 6.45) is 8.83. The lowest BCUT2D eigenvalue weighted by atomic mass is 9.97. The van der Waals surface area contributed by atoms with E-state index >= 15 is 0 Å². The Hall–Kier alpha value is -3.40. The number of nitrogens with one attached hydrogen (secondary N) is 2. The third kappa shape index (κ3) is 3.96. The fourth-order valence-corrected chi connectivity index (χ4v) is 3.74. The molecule has 0 unspecified atom stereocenters. The molecule has 4 heterocycles. The lowest BCUT2D eigenvalue weighted by molar-refractivity contribution is -0.122. The molecule has 1 amide bonds. The van der Waals surface area contributed by atoms with E-state index < -0.39 is 0 Å². The van der Waals surface area contributed by atoms with Crippen molar-refractivity contribution in [3.8, 4) is 6.07 Å². The molecule has 3 aromatic heterocycles. The Morgan fingerprint density at radius 3 is 3.04 bits per heavy atom. The number of pyridine rings is 2. The van der Waals surface area contributed by atoms with Crippen LogP contribution in [0.5, 0.6) is 0 Å². The van der Waals surface area contributed by atoms with Gasteiger partial charge in [-0.3, -0.25) is 4.79 Å². The van der Waals surface area contributed by atoms with Gasteiger partial charge in [0, 0.05) is 30.4 Å². The van der Waals surface area contributed by atoms with Gasteiger partial charge in [-0.1, -0.05) is 6.07 Å². The van der Waals surface area contributed by atoms with Crippen LogP contribution in [0.3, 0.4) is 0 Å². The van der Waals surface area contributed by atoms with Crippen molar-refractivity contribution in [2.45, 2.75) is 31.7 Å². The number of hydrogen-bond donors (Lipinski definition) is 2. The van der Waals surface area contributed by atoms with Gasteiger partial charge in [0.05, 0.1) is 23.6 Å². The minimum absolute atomic E-state index is 0.0581. The van der Waals surface area contributed by atoms with Crippen molar-refractivity contribution in [2.24, 2.45) is 5.92 Å². The molecule has 2 N–H and O–H groups in total. The normalized spacial score (nSPS) is 18.8. The Bertz CT molecular complexity index is 1000. The van der Waals surface area contributed by atoms with Crippen LogP contribution in [0.4, 0.5) is 5.82 Å². The molecular formula is C21H22N6O. The average molecular weight is 374 g/mol. The van der Waals surface area contributed by atoms with Gasteiger partial charge in [0.1, 0.15) is 11.9 Å². The Morgan fingerprint density at radius 2 is 2.21 bits per heavy atom. The first-order chi connectivity index (χ1) is 13.7. The predicted molar refractivity (Wildman–Crippen MR) is 106 cm³/mol. The maximum absolute atomic E-state index is 12.3. The van der Waals surface area contributed by atoms with Crippen molar-refractivity contribution in [3.05, 3.63) is 60.3 Å². The van der Waals surface area contributed by atoms with Crippen LogP contribution in [0.2, 0.25) is 0 Å². The number of fused-ring (bicyclic) bond motifs is 1. The van der Waals surface area contributed by atoms with Gasteiger partial charge in [-0.2, -0.15) is 5.26 Å². The van der Waals surface area contributed by atoms with E-state index in [0.29, 0.717) is 17.9 Å². The fourth-order valence-electron chi connectivity index (χ4n) is 3.74. The number of hydrogen-bond acceptors (Lipinski definition) is 5. The summed E-state index contributed by atoms with van der Waals surface area (Å²) in [7, 11) is 0. The Balaban J connectivity index is 1.25. The molecule has 4 rings (SSSR count). The number of carbonyl (C=O) groups excluding carboxylic acids is 1. The Labute approximate surface area is 163 Å². The van der Waals surface area contributed by atoms with Gasteiger partial charge in [0.25, 0.3) is 0 Å². The third-order valence-corrected chi connectivity index (χ3v) is 5.23. The van der Waals surface area contributed by atoms with Crippen LogP contribution in [0.25, 0.3) is 5.52 Å². The molecule has 0 bridgehead atoms. The third-order valence-electron chi connectivity index (χ3n) is 5.23. The molecule has 0 saturated carbocycles. The minimum Gasteiger partial charge on any atom is -0.368 e. The van der Waals surface area contributed by atoms with E-state index in [-0.39, 0.29) is 17.9 Å². The van der Waals surface area contributed by atoms with E-state index in [1.165, 1.54) is 5.69 Å². The standard InChI is InChI=1S/C21H22N6O/c22-10-15-7-8-20(24-11-15)25-12-17-9-16(21(28)26-17)3-1-4-18-5-2-6-19-13-23-14-27(18)19/h2,5-8,11,13-14,16-17H,1,3-4,9,12H2,(H,24,25)(H,26,28)/t16-,17-/m0/s1. The predicted octanol–water partition coefficient (Wildman–Crippen LogP) is 2.54. The molecule has 142 valence electrons. The van der Waals surface area contributed by atoms with Gasteiger partial charge in [-0.15, -0.1) is 0 Å². The highest BCUT2D eigenvalue weighted by atomic mass is 16.2. The molecule has 0 spiro atoms. The van der Waals surface area contributed by atoms with E-state index in [9.17, 15) is 4.79 Å². The summed E-state index contributed by atoms with van der Waals surface area (Å²) in [5.41, 5.74) is 2.85. The van der Waals surface area contributed by atoms with Gasteiger partial charge in [-0.25, -0.2) is 9.97 Å². The van der Waals surface area contributed by atoms with E-state index in [2.05, 4.69) is 37.1 Å². The Kier molecular flexibility index (Phi) is 5.20. The van der Waals surface area contributed by atoms with Crippen LogP contribution >= 0.6 is 0 Å². The zero-order valence-corrected chi connectivity index (χ0v) is 15.5. The number of aromatic nitrogens is 3. The summed E-state index contributed by atoms with van der Waals surface area (Å²) in [5.74, 6) is 0.910. The van der Waals surface area contributed by atoms with Crippen LogP contribution in [0, 0.1) is 17.2 Å². The topological polar surface area (TPSA) is 95.1 Å². The summed E-state index contributed by atoms with van der Waals surface area (Å²) in [4.78, 5) is 20.7. The Morgan fingerprint density at radius 1 is 1.29 bits per heavy atom. The second-order valence-electron chi connectivity index (χ2n) is 7.16. The number of nitriles is 1. The smallest absolute Gasteiger partial charge is 0.223 e. The SMILES string of the molecule is N#Cc1ccc(NC[C@@H]2C[C@H](CCCc3cccc4cncn34)C(=O)N2)nc1. The molecule has 7 nitrogen and oxygen atoms in total. The minimum atomic E-state index is 0.0581. The van der Waals surface area contributed by atoms with Gasteiger partial charge >= 0.3 is 0 Å². The highest BCUT2D eigenvalue weighted by molar-refractivity contribution is 5.81. The summed E-state index contributed by atoms with van der Waals surface area (Å²) < 4.78 is 2.10. The lowest BCUT2D eigenvalue weighted by Crippen LogP contribution is -2.32. The van der Waals surface area contributed by atoms with Crippen molar-refractivity contribution in [2.75, 3.05) is 11.9 Å². The maximum atomic E-state index is 12.3. The molecular weight excluding hydrogens is 352 g/mol. The van der Waals surface area contributed by atoms with Gasteiger partial charge in [0.15, 0.2) is 0 Å². The first-order valence-corrected chi connectivity index (χ1v) is 9.53. The lowest BCUT2D eigenvalue weighted by Gasteiger charge is -2.12. The molecule has 3 aromatic rings. The molecule has 0 aromatic carbocycles. The number of nitrogens with zero attached hydrogens (tertiary/aromatic N) is 4. The van der Waals surface area contributed by atoms with E-state index in [4.69, 9.17) is 5.26 Å². The number of carbonyl (C=O) groups is 1. The molecule has 0 aliphatic carbocycles. The van der Waals surface area contributed by atoms with Crippen LogP contribution in [-0.4, -0.2) is 32.9 Å². The highest BCUT2D eigenvalue weighted by Crippen LogP contribution is 2.22. The molecule has 0 radical (unpaired) electrons. The summed E-state index contributed by atoms with van der Waals surface area (Å²) in [6, 6.07) is 11.9. The number of amides is 1. The van der Waals surface area contributed by atoms with Crippen molar-refractivity contribution in [1.29, 1.82) is 5.26 Å². The van der Waals surface area contributed by atoms with Gasteiger partial charge in [-0.05, 0) is 49.9 Å². The molecule has 1 aliphatic rings. The second kappa shape index (κ2) is 8.09. The molecule has 7 heteroatoms. The molecule has 2 atom stereocenters. The molecule has 1 saturated heterocycles. The average Bonchev–Trinajstić information content (AvgIpc) is 3.34. The summed E-state index contributed by atoms with van der Waals surface area (Å²) in [5, 5.41) is 15.1. The van der Waals surface area contributed by atoms with Crippen molar-refractivity contribution < 1.29 is 4.79 Å². The monoisotopic (exact) mass is 374 g/mol. The summed E-state index contributed by atoms with van der Waals surface area (Å²) in [6.45, 7) is 0.634. The zero-order chi connectivity index (χ0) is 19.3. The van der Waals surface area contributed by atoms with Crippen LogP contribution in [-0.2, 0) is 11.2 Å². The van der Waals surface area contributed by atoms with Gasteiger partial charge in [0.2, 0.25) is 5.91 Å². The van der Waals surface area contributed by atoms with E-state index in [0.717, 1.165) is 31.2 Å². The van der Waals surface area contributed by atoms with E-state index in [1.54, 1.807) is 18.3 Å². The first-order valence-electron chi connectivity index (χ1n) is 9.53. The van der Waals surface area contributed by atoms with Crippen LogP contribution < -0.4 is 10.6 Å². The first kappa shape index (κ1) is 18.0. The summed E-state index contributed by atoms with van der Waals surface area (Å²) >= 11 is 0. The number of anilines is 1. The maximum Gasteiger partial charge on any atom is 0.223 e. The van der Waals surface area contributed by atoms with Crippen molar-refractivity contribution in [1.82, 2.24) is 19.7 Å². The number of rotatable bonds is 7. The second-order valence-corrected chi connectivity index (χ2v) is 7.16.